The fraction of sp³-hybridized carbons (Fsp3) is 0.667. The Morgan fingerprint density at radius 1 is 1.30 bits per heavy atom. The molecule has 23 heavy (non-hydrogen) atoms. The molecular weight excluding hydrogens is 310 g/mol. The zero-order chi connectivity index (χ0) is 17.2. The maximum atomic E-state index is 12.4. The summed E-state index contributed by atoms with van der Waals surface area (Å²) >= 11 is 1.55. The fourth-order valence-corrected chi connectivity index (χ4v) is 4.15. The lowest BCUT2D eigenvalue weighted by Gasteiger charge is -2.21. The lowest BCUT2D eigenvalue weighted by atomic mass is 9.85. The second kappa shape index (κ2) is 7.04. The zero-order valence-corrected chi connectivity index (χ0v) is 15.6. The van der Waals surface area contributed by atoms with Gasteiger partial charge in [-0.25, -0.2) is 4.79 Å². The van der Waals surface area contributed by atoms with Crippen molar-refractivity contribution in [3.05, 3.63) is 16.0 Å². The van der Waals surface area contributed by atoms with Crippen molar-refractivity contribution in [2.45, 2.75) is 60.3 Å². The van der Waals surface area contributed by atoms with Gasteiger partial charge >= 0.3 is 5.97 Å². The third kappa shape index (κ3) is 3.94. The lowest BCUT2D eigenvalue weighted by Crippen LogP contribution is -2.28. The molecule has 2 rings (SSSR count). The van der Waals surface area contributed by atoms with Gasteiger partial charge < -0.3 is 10.1 Å². The summed E-state index contributed by atoms with van der Waals surface area (Å²) in [5, 5.41) is 3.62. The van der Waals surface area contributed by atoms with E-state index in [0.29, 0.717) is 23.1 Å². The third-order valence-corrected chi connectivity index (χ3v) is 5.50. The summed E-state index contributed by atoms with van der Waals surface area (Å²) in [5.74, 6) is 0.278. The number of fused-ring (bicyclic) bond motifs is 1. The number of rotatable bonds is 4. The molecule has 1 heterocycles. The number of esters is 1. The van der Waals surface area contributed by atoms with Crippen molar-refractivity contribution in [3.63, 3.8) is 0 Å². The minimum Gasteiger partial charge on any atom is -0.462 e. The number of carbonyl (C=O) groups excluding carboxylic acids is 2. The van der Waals surface area contributed by atoms with E-state index in [1.807, 2.05) is 20.8 Å². The number of nitrogens with one attached hydrogen (secondary N) is 1. The third-order valence-electron chi connectivity index (χ3n) is 4.33. The van der Waals surface area contributed by atoms with E-state index in [4.69, 9.17) is 4.74 Å². The molecule has 1 aliphatic carbocycles. The molecule has 128 valence electrons. The van der Waals surface area contributed by atoms with Crippen LogP contribution in [0.15, 0.2) is 0 Å². The van der Waals surface area contributed by atoms with Crippen molar-refractivity contribution in [2.75, 3.05) is 11.9 Å². The van der Waals surface area contributed by atoms with Crippen LogP contribution in [0.3, 0.4) is 0 Å². The summed E-state index contributed by atoms with van der Waals surface area (Å²) in [6.45, 7) is 9.95. The Bertz CT molecular complexity index is 598. The van der Waals surface area contributed by atoms with E-state index in [9.17, 15) is 9.59 Å². The maximum absolute atomic E-state index is 12.4. The van der Waals surface area contributed by atoms with Crippen molar-refractivity contribution in [1.82, 2.24) is 0 Å². The predicted octanol–water partition coefficient (Wildman–Crippen LogP) is 4.42. The van der Waals surface area contributed by atoms with Gasteiger partial charge in [0.2, 0.25) is 5.91 Å². The van der Waals surface area contributed by atoms with Gasteiger partial charge in [-0.1, -0.05) is 34.1 Å². The number of hydrogen-bond donors (Lipinski definition) is 1. The first-order chi connectivity index (χ1) is 10.8. The first kappa shape index (κ1) is 18.0. The summed E-state index contributed by atoms with van der Waals surface area (Å²) in [4.78, 5) is 26.0. The van der Waals surface area contributed by atoms with E-state index in [1.54, 1.807) is 18.3 Å². The minimum absolute atomic E-state index is 0.0753. The van der Waals surface area contributed by atoms with Crippen molar-refractivity contribution in [1.29, 1.82) is 0 Å². The summed E-state index contributed by atoms with van der Waals surface area (Å²) in [6.07, 6.45) is 4.13. The molecule has 0 spiro atoms. The highest BCUT2D eigenvalue weighted by atomic mass is 32.1. The molecule has 5 heteroatoms. The zero-order valence-electron chi connectivity index (χ0n) is 14.7. The summed E-state index contributed by atoms with van der Waals surface area (Å²) in [6, 6.07) is 0. The van der Waals surface area contributed by atoms with Crippen molar-refractivity contribution in [3.8, 4) is 0 Å². The van der Waals surface area contributed by atoms with Crippen molar-refractivity contribution < 1.29 is 14.3 Å². The van der Waals surface area contributed by atoms with Gasteiger partial charge in [0.1, 0.15) is 5.00 Å². The van der Waals surface area contributed by atoms with Gasteiger partial charge in [0.15, 0.2) is 0 Å². The Hall–Kier alpha value is -1.36. The number of thiophene rings is 1. The van der Waals surface area contributed by atoms with Gasteiger partial charge in [-0.05, 0) is 37.7 Å². The Balaban J connectivity index is 2.38. The van der Waals surface area contributed by atoms with Gasteiger partial charge in [-0.15, -0.1) is 11.3 Å². The van der Waals surface area contributed by atoms with Crippen LogP contribution < -0.4 is 5.32 Å². The molecule has 1 aromatic rings. The van der Waals surface area contributed by atoms with E-state index >= 15 is 0 Å². The van der Waals surface area contributed by atoms with E-state index < -0.39 is 5.41 Å². The first-order valence-electron chi connectivity index (χ1n) is 8.41. The second-order valence-corrected chi connectivity index (χ2v) is 8.25. The average Bonchev–Trinajstić information content (AvgIpc) is 2.83. The summed E-state index contributed by atoms with van der Waals surface area (Å²) in [7, 11) is 0. The Morgan fingerprint density at radius 3 is 2.57 bits per heavy atom. The topological polar surface area (TPSA) is 55.4 Å². The van der Waals surface area contributed by atoms with Crippen LogP contribution in [0.2, 0.25) is 0 Å². The first-order valence-corrected chi connectivity index (χ1v) is 9.22. The molecule has 1 N–H and O–H groups in total. The van der Waals surface area contributed by atoms with E-state index in [1.165, 1.54) is 4.88 Å². The molecule has 1 amide bonds. The monoisotopic (exact) mass is 337 g/mol. The van der Waals surface area contributed by atoms with Crippen LogP contribution in [0.1, 0.15) is 68.3 Å². The van der Waals surface area contributed by atoms with Crippen LogP contribution in [0.5, 0.6) is 0 Å². The lowest BCUT2D eigenvalue weighted by molar-refractivity contribution is -0.123. The molecule has 0 saturated carbocycles. The SMILES string of the molecule is CCOC(=O)c1c(NC(=O)C(C)(C)C)sc2c1CC[C@H](CC)C2. The van der Waals surface area contributed by atoms with Gasteiger partial charge in [-0.3, -0.25) is 4.79 Å². The molecule has 0 aromatic carbocycles. The van der Waals surface area contributed by atoms with Crippen LogP contribution in [-0.4, -0.2) is 18.5 Å². The molecule has 0 bridgehead atoms. The predicted molar refractivity (Wildman–Crippen MR) is 94.2 cm³/mol. The highest BCUT2D eigenvalue weighted by Crippen LogP contribution is 2.41. The Morgan fingerprint density at radius 2 is 2.00 bits per heavy atom. The number of carbonyl (C=O) groups is 2. The number of hydrogen-bond acceptors (Lipinski definition) is 4. The fourth-order valence-electron chi connectivity index (χ4n) is 2.80. The van der Waals surface area contributed by atoms with Gasteiger partial charge in [0.25, 0.3) is 0 Å². The summed E-state index contributed by atoms with van der Waals surface area (Å²) < 4.78 is 5.23. The second-order valence-electron chi connectivity index (χ2n) is 7.15. The molecule has 0 saturated heterocycles. The number of ether oxygens (including phenoxy) is 1. The summed E-state index contributed by atoms with van der Waals surface area (Å²) in [5.41, 5.74) is 1.17. The molecule has 1 aromatic heterocycles. The molecule has 0 radical (unpaired) electrons. The minimum atomic E-state index is -0.498. The van der Waals surface area contributed by atoms with E-state index in [0.717, 1.165) is 31.2 Å². The number of amides is 1. The van der Waals surface area contributed by atoms with Crippen molar-refractivity contribution >= 4 is 28.2 Å². The highest BCUT2D eigenvalue weighted by Gasteiger charge is 2.31. The molecule has 1 atom stereocenters. The standard InChI is InChI=1S/C18H27NO3S/c1-6-11-8-9-12-13(10-11)23-15(14(12)16(20)22-7-2)19-17(21)18(3,4)5/h11H,6-10H2,1-5H3,(H,19,21)/t11-/m0/s1. The van der Waals surface area contributed by atoms with Crippen LogP contribution >= 0.6 is 11.3 Å². The van der Waals surface area contributed by atoms with Crippen LogP contribution in [0.25, 0.3) is 0 Å². The molecule has 0 aliphatic heterocycles. The van der Waals surface area contributed by atoms with Crippen LogP contribution in [0.4, 0.5) is 5.00 Å². The Labute approximate surface area is 142 Å². The quantitative estimate of drug-likeness (QED) is 0.827. The molecule has 0 fully saturated rings. The molecule has 1 aliphatic rings. The van der Waals surface area contributed by atoms with Gasteiger partial charge in [0, 0.05) is 10.3 Å². The maximum Gasteiger partial charge on any atom is 0.341 e. The highest BCUT2D eigenvalue weighted by molar-refractivity contribution is 7.17. The Kier molecular flexibility index (Phi) is 5.50. The van der Waals surface area contributed by atoms with Crippen LogP contribution in [0, 0.1) is 11.3 Å². The van der Waals surface area contributed by atoms with E-state index in [2.05, 4.69) is 12.2 Å². The molecule has 0 unspecified atom stereocenters. The van der Waals surface area contributed by atoms with Gasteiger partial charge in [-0.2, -0.15) is 0 Å². The normalized spacial score (nSPS) is 17.5. The molecule has 4 nitrogen and oxygen atoms in total. The van der Waals surface area contributed by atoms with Crippen LogP contribution in [-0.2, 0) is 22.4 Å². The largest absolute Gasteiger partial charge is 0.462 e. The number of anilines is 1. The van der Waals surface area contributed by atoms with Gasteiger partial charge in [0.05, 0.1) is 12.2 Å². The smallest absolute Gasteiger partial charge is 0.341 e. The van der Waals surface area contributed by atoms with E-state index in [-0.39, 0.29) is 11.9 Å². The van der Waals surface area contributed by atoms with Crippen molar-refractivity contribution in [2.24, 2.45) is 11.3 Å². The average molecular weight is 337 g/mol. The molecular formula is C18H27NO3S.